The highest BCUT2D eigenvalue weighted by molar-refractivity contribution is 5.80. The number of carbonyl (C=O) groups is 1. The first-order valence-corrected chi connectivity index (χ1v) is 5.43. The van der Waals surface area contributed by atoms with Gasteiger partial charge in [-0.2, -0.15) is 0 Å². The molecule has 0 spiro atoms. The molecule has 0 saturated heterocycles. The number of amides is 1. The van der Waals surface area contributed by atoms with E-state index in [1.807, 2.05) is 19.9 Å². The molecule has 0 aliphatic heterocycles. The molecule has 1 aromatic rings. The van der Waals surface area contributed by atoms with E-state index in [2.05, 4.69) is 20.6 Å². The zero-order chi connectivity index (χ0) is 12.7. The van der Waals surface area contributed by atoms with Crippen molar-refractivity contribution < 1.29 is 9.53 Å². The molecule has 94 valence electrons. The molecule has 0 unspecified atom stereocenters. The van der Waals surface area contributed by atoms with Crippen LogP contribution in [-0.4, -0.2) is 42.7 Å². The van der Waals surface area contributed by atoms with Crippen molar-refractivity contribution in [3.63, 3.8) is 0 Å². The van der Waals surface area contributed by atoms with Crippen molar-refractivity contribution in [3.8, 4) is 0 Å². The molecule has 0 bridgehead atoms. The lowest BCUT2D eigenvalue weighted by atomic mass is 10.4. The predicted molar refractivity (Wildman–Crippen MR) is 64.9 cm³/mol. The summed E-state index contributed by atoms with van der Waals surface area (Å²) in [5.74, 6) is 0.370. The quantitative estimate of drug-likeness (QED) is 0.696. The summed E-state index contributed by atoms with van der Waals surface area (Å²) in [5, 5.41) is 5.58. The minimum atomic E-state index is -0.107. The Balaban J connectivity index is 2.36. The van der Waals surface area contributed by atoms with Gasteiger partial charge in [-0.3, -0.25) is 4.79 Å². The average Bonchev–Trinajstić information content (AvgIpc) is 2.25. The fourth-order valence-electron chi connectivity index (χ4n) is 1.32. The topological polar surface area (TPSA) is 76.1 Å². The Hall–Kier alpha value is -1.69. The van der Waals surface area contributed by atoms with Gasteiger partial charge in [0.2, 0.25) is 11.9 Å². The molecule has 1 rings (SSSR count). The number of methoxy groups -OCH3 is 1. The Labute approximate surface area is 101 Å². The normalized spacial score (nSPS) is 10.1. The number of carbonyl (C=O) groups excluding carboxylic acids is 1. The van der Waals surface area contributed by atoms with Gasteiger partial charge in [0.05, 0.1) is 13.2 Å². The van der Waals surface area contributed by atoms with Gasteiger partial charge in [-0.05, 0) is 19.9 Å². The van der Waals surface area contributed by atoms with Crippen LogP contribution in [0.1, 0.15) is 11.4 Å². The summed E-state index contributed by atoms with van der Waals surface area (Å²) < 4.78 is 4.83. The number of nitrogens with zero attached hydrogens (tertiary/aromatic N) is 2. The summed E-state index contributed by atoms with van der Waals surface area (Å²) in [6.07, 6.45) is 0. The summed E-state index contributed by atoms with van der Waals surface area (Å²) >= 11 is 0. The Morgan fingerprint density at radius 1 is 1.35 bits per heavy atom. The summed E-state index contributed by atoms with van der Waals surface area (Å²) in [4.78, 5) is 19.7. The van der Waals surface area contributed by atoms with Gasteiger partial charge in [0.25, 0.3) is 0 Å². The van der Waals surface area contributed by atoms with Crippen LogP contribution >= 0.6 is 0 Å². The lowest BCUT2D eigenvalue weighted by molar-refractivity contribution is -0.119. The summed E-state index contributed by atoms with van der Waals surface area (Å²) in [7, 11) is 1.59. The van der Waals surface area contributed by atoms with Crippen molar-refractivity contribution in [3.05, 3.63) is 17.5 Å². The largest absolute Gasteiger partial charge is 0.383 e. The summed E-state index contributed by atoms with van der Waals surface area (Å²) in [6, 6.07) is 1.88. The van der Waals surface area contributed by atoms with Crippen LogP contribution in [-0.2, 0) is 9.53 Å². The van der Waals surface area contributed by atoms with E-state index in [0.717, 1.165) is 11.4 Å². The van der Waals surface area contributed by atoms with Gasteiger partial charge in [-0.1, -0.05) is 0 Å². The highest BCUT2D eigenvalue weighted by atomic mass is 16.5. The van der Waals surface area contributed by atoms with Crippen LogP contribution in [0.3, 0.4) is 0 Å². The van der Waals surface area contributed by atoms with E-state index in [1.54, 1.807) is 7.11 Å². The molecule has 0 aromatic carbocycles. The maximum atomic E-state index is 11.4. The Bertz CT molecular complexity index is 361. The first-order chi connectivity index (χ1) is 8.11. The molecule has 2 N–H and O–H groups in total. The third-order valence-corrected chi connectivity index (χ3v) is 2.02. The van der Waals surface area contributed by atoms with E-state index in [-0.39, 0.29) is 12.5 Å². The number of ether oxygens (including phenoxy) is 1. The van der Waals surface area contributed by atoms with Crippen LogP contribution in [0.2, 0.25) is 0 Å². The number of aromatic nitrogens is 2. The molecule has 0 aliphatic rings. The van der Waals surface area contributed by atoms with Crippen LogP contribution in [0.25, 0.3) is 0 Å². The van der Waals surface area contributed by atoms with Crippen LogP contribution in [0.4, 0.5) is 5.95 Å². The Morgan fingerprint density at radius 2 is 2.00 bits per heavy atom. The smallest absolute Gasteiger partial charge is 0.239 e. The molecule has 1 aromatic heterocycles. The maximum Gasteiger partial charge on any atom is 0.239 e. The van der Waals surface area contributed by atoms with Crippen molar-refractivity contribution in [2.75, 3.05) is 32.1 Å². The number of hydrogen-bond acceptors (Lipinski definition) is 5. The summed E-state index contributed by atoms with van der Waals surface area (Å²) in [5.41, 5.74) is 1.75. The highest BCUT2D eigenvalue weighted by Crippen LogP contribution is 2.02. The number of nitrogens with one attached hydrogen (secondary N) is 2. The molecule has 1 heterocycles. The highest BCUT2D eigenvalue weighted by Gasteiger charge is 2.03. The van der Waals surface area contributed by atoms with E-state index in [9.17, 15) is 4.79 Å². The monoisotopic (exact) mass is 238 g/mol. The second-order valence-electron chi connectivity index (χ2n) is 3.67. The molecule has 0 saturated carbocycles. The van der Waals surface area contributed by atoms with E-state index in [1.165, 1.54) is 0 Å². The van der Waals surface area contributed by atoms with Gasteiger partial charge < -0.3 is 15.4 Å². The van der Waals surface area contributed by atoms with Crippen molar-refractivity contribution in [1.82, 2.24) is 15.3 Å². The standard InChI is InChI=1S/C11H18N4O2/c1-8-6-9(2)15-11(14-8)13-7-10(16)12-4-5-17-3/h6H,4-5,7H2,1-3H3,(H,12,16)(H,13,14,15). The van der Waals surface area contributed by atoms with Gasteiger partial charge in [-0.15, -0.1) is 0 Å². The van der Waals surface area contributed by atoms with E-state index in [4.69, 9.17) is 4.74 Å². The van der Waals surface area contributed by atoms with Gasteiger partial charge in [-0.25, -0.2) is 9.97 Å². The third kappa shape index (κ3) is 5.26. The Morgan fingerprint density at radius 3 is 2.59 bits per heavy atom. The van der Waals surface area contributed by atoms with Crippen LogP contribution < -0.4 is 10.6 Å². The molecular weight excluding hydrogens is 220 g/mol. The van der Waals surface area contributed by atoms with E-state index < -0.39 is 0 Å². The van der Waals surface area contributed by atoms with Crippen LogP contribution in [0.15, 0.2) is 6.07 Å². The lowest BCUT2D eigenvalue weighted by Crippen LogP contribution is -2.32. The molecule has 6 nitrogen and oxygen atoms in total. The Kier molecular flexibility index (Phi) is 5.35. The minimum Gasteiger partial charge on any atom is -0.383 e. The fourth-order valence-corrected chi connectivity index (χ4v) is 1.32. The molecule has 0 fully saturated rings. The molecule has 17 heavy (non-hydrogen) atoms. The van der Waals surface area contributed by atoms with Crippen molar-refractivity contribution in [2.24, 2.45) is 0 Å². The van der Waals surface area contributed by atoms with Crippen LogP contribution in [0.5, 0.6) is 0 Å². The zero-order valence-electron chi connectivity index (χ0n) is 10.4. The van der Waals surface area contributed by atoms with Gasteiger partial charge in [0.15, 0.2) is 0 Å². The first kappa shape index (κ1) is 13.4. The van der Waals surface area contributed by atoms with Gasteiger partial charge in [0.1, 0.15) is 0 Å². The molecule has 0 radical (unpaired) electrons. The number of aryl methyl sites for hydroxylation is 2. The van der Waals surface area contributed by atoms with E-state index in [0.29, 0.717) is 19.1 Å². The van der Waals surface area contributed by atoms with Crippen molar-refractivity contribution in [1.29, 1.82) is 0 Å². The second-order valence-corrected chi connectivity index (χ2v) is 3.67. The van der Waals surface area contributed by atoms with Crippen molar-refractivity contribution >= 4 is 11.9 Å². The molecular formula is C11H18N4O2. The maximum absolute atomic E-state index is 11.4. The fraction of sp³-hybridized carbons (Fsp3) is 0.545. The summed E-state index contributed by atoms with van der Waals surface area (Å²) in [6.45, 7) is 4.94. The van der Waals surface area contributed by atoms with Crippen molar-refractivity contribution in [2.45, 2.75) is 13.8 Å². The zero-order valence-corrected chi connectivity index (χ0v) is 10.4. The van der Waals surface area contributed by atoms with Gasteiger partial charge >= 0.3 is 0 Å². The minimum absolute atomic E-state index is 0.107. The molecule has 6 heteroatoms. The third-order valence-electron chi connectivity index (χ3n) is 2.02. The molecule has 0 atom stereocenters. The first-order valence-electron chi connectivity index (χ1n) is 5.43. The SMILES string of the molecule is COCCNC(=O)CNc1nc(C)cc(C)n1. The average molecular weight is 238 g/mol. The number of hydrogen-bond donors (Lipinski definition) is 2. The molecule has 1 amide bonds. The number of anilines is 1. The predicted octanol–water partition coefficient (Wildman–Crippen LogP) is 0.268. The van der Waals surface area contributed by atoms with Crippen LogP contribution in [0, 0.1) is 13.8 Å². The number of rotatable bonds is 6. The molecule has 0 aliphatic carbocycles. The lowest BCUT2D eigenvalue weighted by Gasteiger charge is -2.07. The second kappa shape index (κ2) is 6.80. The van der Waals surface area contributed by atoms with Gasteiger partial charge in [0, 0.05) is 25.0 Å². The van der Waals surface area contributed by atoms with E-state index >= 15 is 0 Å².